The van der Waals surface area contributed by atoms with Gasteiger partial charge in [0.15, 0.2) is 0 Å². The highest BCUT2D eigenvalue weighted by atomic mass is 19.1. The number of amides is 2. The molecule has 1 aromatic rings. The highest BCUT2D eigenvalue weighted by Crippen LogP contribution is 2.45. The summed E-state index contributed by atoms with van der Waals surface area (Å²) in [7, 11) is 0. The number of benzene rings is 1. The van der Waals surface area contributed by atoms with Crippen LogP contribution in [0, 0.1) is 22.1 Å². The van der Waals surface area contributed by atoms with E-state index in [1.807, 2.05) is 6.07 Å². The Kier molecular flexibility index (Phi) is 6.07. The van der Waals surface area contributed by atoms with Crippen molar-refractivity contribution in [2.45, 2.75) is 44.4 Å². The molecule has 4 fully saturated rings. The first kappa shape index (κ1) is 22.3. The van der Waals surface area contributed by atoms with Gasteiger partial charge in [-0.15, -0.1) is 4.91 Å². The number of nitroso groups, excluding NO2 is 1. The van der Waals surface area contributed by atoms with Crippen molar-refractivity contribution in [3.63, 3.8) is 0 Å². The van der Waals surface area contributed by atoms with Gasteiger partial charge in [-0.2, -0.15) is 0 Å². The summed E-state index contributed by atoms with van der Waals surface area (Å²) in [6, 6.07) is 5.06. The zero-order valence-corrected chi connectivity index (χ0v) is 19.0. The fourth-order valence-electron chi connectivity index (χ4n) is 6.12. The van der Waals surface area contributed by atoms with Crippen LogP contribution >= 0.6 is 0 Å². The third kappa shape index (κ3) is 4.60. The van der Waals surface area contributed by atoms with Crippen molar-refractivity contribution < 1.29 is 14.0 Å². The third-order valence-corrected chi connectivity index (χ3v) is 8.16. The number of rotatable bonds is 5. The Hall–Kier alpha value is -2.55. The van der Waals surface area contributed by atoms with E-state index in [-0.39, 0.29) is 24.1 Å². The predicted octanol–water partition coefficient (Wildman–Crippen LogP) is 2.64. The molecule has 4 aliphatic rings. The fraction of sp³-hybridized carbons (Fsp3) is 0.667. The number of nitrogens with one attached hydrogen (secondary N) is 1. The summed E-state index contributed by atoms with van der Waals surface area (Å²) in [5, 5.41) is 7.02. The van der Waals surface area contributed by atoms with Crippen LogP contribution in [0.15, 0.2) is 23.5 Å². The van der Waals surface area contributed by atoms with Gasteiger partial charge in [-0.1, -0.05) is 6.07 Å². The third-order valence-electron chi connectivity index (χ3n) is 8.16. The number of anilines is 1. The van der Waals surface area contributed by atoms with Crippen LogP contribution in [0.3, 0.4) is 0 Å². The van der Waals surface area contributed by atoms with E-state index in [4.69, 9.17) is 0 Å². The molecule has 33 heavy (non-hydrogen) atoms. The number of piperazine rings is 1. The highest BCUT2D eigenvalue weighted by Gasteiger charge is 2.45. The predicted molar refractivity (Wildman–Crippen MR) is 122 cm³/mol. The van der Waals surface area contributed by atoms with Gasteiger partial charge in [0.25, 0.3) is 0 Å². The van der Waals surface area contributed by atoms with Crippen LogP contribution in [0.1, 0.15) is 50.0 Å². The Bertz CT molecular complexity index is 917. The Morgan fingerprint density at radius 1 is 1.06 bits per heavy atom. The summed E-state index contributed by atoms with van der Waals surface area (Å²) in [5.41, 5.74) is 1.55. The van der Waals surface area contributed by atoms with Crippen LogP contribution in [0.5, 0.6) is 0 Å². The molecule has 1 atom stereocenters. The molecule has 3 saturated heterocycles. The number of hydrogen-bond donors (Lipinski definition) is 1. The second-order valence-corrected chi connectivity index (χ2v) is 10.3. The molecule has 1 N–H and O–H groups in total. The van der Waals surface area contributed by atoms with Crippen molar-refractivity contribution in [2.75, 3.05) is 50.7 Å². The molecule has 0 bridgehead atoms. The molecule has 1 aromatic carbocycles. The lowest BCUT2D eigenvalue weighted by Gasteiger charge is -2.51. The zero-order chi connectivity index (χ0) is 23.0. The number of imide groups is 1. The molecule has 8 nitrogen and oxygen atoms in total. The van der Waals surface area contributed by atoms with Gasteiger partial charge in [0.1, 0.15) is 5.82 Å². The van der Waals surface area contributed by atoms with E-state index in [2.05, 4.69) is 20.4 Å². The zero-order valence-electron chi connectivity index (χ0n) is 19.0. The van der Waals surface area contributed by atoms with Crippen molar-refractivity contribution >= 4 is 17.5 Å². The molecule has 1 spiro atoms. The highest BCUT2D eigenvalue weighted by molar-refractivity contribution is 6.00. The summed E-state index contributed by atoms with van der Waals surface area (Å²) in [4.78, 5) is 38.7. The molecule has 5 rings (SSSR count). The first-order valence-electron chi connectivity index (χ1n) is 12.1. The second-order valence-electron chi connectivity index (χ2n) is 10.3. The Balaban J connectivity index is 1.11. The molecule has 178 valence electrons. The fourth-order valence-corrected chi connectivity index (χ4v) is 6.12. The van der Waals surface area contributed by atoms with E-state index < -0.39 is 5.92 Å². The first-order valence-corrected chi connectivity index (χ1v) is 12.1. The maximum Gasteiger partial charge on any atom is 0.234 e. The van der Waals surface area contributed by atoms with E-state index in [1.54, 1.807) is 11.1 Å². The summed E-state index contributed by atoms with van der Waals surface area (Å²) < 4.78 is 14.9. The van der Waals surface area contributed by atoms with E-state index in [0.717, 1.165) is 45.8 Å². The monoisotopic (exact) mass is 457 g/mol. The van der Waals surface area contributed by atoms with Gasteiger partial charge in [-0.3, -0.25) is 24.8 Å². The number of carbonyl (C=O) groups is 2. The molecule has 3 aliphatic heterocycles. The topological polar surface area (TPSA) is 85.3 Å². The van der Waals surface area contributed by atoms with Crippen molar-refractivity contribution in [2.24, 2.45) is 16.6 Å². The molecule has 1 saturated carbocycles. The van der Waals surface area contributed by atoms with Crippen LogP contribution in [0.4, 0.5) is 10.1 Å². The Morgan fingerprint density at radius 3 is 2.42 bits per heavy atom. The second kappa shape index (κ2) is 9.00. The number of halogens is 1. The minimum Gasteiger partial charge on any atom is -0.367 e. The molecule has 0 aromatic heterocycles. The Morgan fingerprint density at radius 2 is 1.79 bits per heavy atom. The molecular weight excluding hydrogens is 425 g/mol. The average Bonchev–Trinajstić information content (AvgIpc) is 2.79. The van der Waals surface area contributed by atoms with Gasteiger partial charge >= 0.3 is 0 Å². The lowest BCUT2D eigenvalue weighted by Crippen LogP contribution is -2.55. The van der Waals surface area contributed by atoms with E-state index in [0.29, 0.717) is 29.0 Å². The van der Waals surface area contributed by atoms with Crippen LogP contribution in [-0.4, -0.2) is 67.5 Å². The van der Waals surface area contributed by atoms with Crippen molar-refractivity contribution in [1.29, 1.82) is 0 Å². The van der Waals surface area contributed by atoms with Gasteiger partial charge in [0.05, 0.1) is 16.9 Å². The van der Waals surface area contributed by atoms with Crippen molar-refractivity contribution in [3.05, 3.63) is 34.5 Å². The minimum absolute atomic E-state index is 0.260. The quantitative estimate of drug-likeness (QED) is 0.541. The SMILES string of the molecule is O=NN1CC2(CCC(CN3CCN(c4ccc(C5CCC(=O)NC5=O)cc4F)CC3)CC2)C1. The molecule has 1 unspecified atom stereocenters. The number of carbonyl (C=O) groups excluding carboxylic acids is 2. The van der Waals surface area contributed by atoms with E-state index in [1.165, 1.54) is 31.7 Å². The molecule has 0 radical (unpaired) electrons. The summed E-state index contributed by atoms with van der Waals surface area (Å²) in [5.74, 6) is -0.664. The van der Waals surface area contributed by atoms with Crippen molar-refractivity contribution in [1.82, 2.24) is 15.2 Å². The molecular formula is C24H32FN5O3. The average molecular weight is 458 g/mol. The summed E-state index contributed by atoms with van der Waals surface area (Å²) in [6.45, 7) is 6.15. The van der Waals surface area contributed by atoms with Gasteiger partial charge < -0.3 is 4.90 Å². The van der Waals surface area contributed by atoms with Crippen LogP contribution in [0.2, 0.25) is 0 Å². The summed E-state index contributed by atoms with van der Waals surface area (Å²) >= 11 is 0. The number of hydrogen-bond acceptors (Lipinski definition) is 6. The van der Waals surface area contributed by atoms with Gasteiger partial charge in [-0.05, 0) is 55.7 Å². The maximum atomic E-state index is 14.9. The van der Waals surface area contributed by atoms with E-state index in [9.17, 15) is 18.9 Å². The van der Waals surface area contributed by atoms with Crippen LogP contribution in [0.25, 0.3) is 0 Å². The molecule has 1 aliphatic carbocycles. The minimum atomic E-state index is -0.463. The smallest absolute Gasteiger partial charge is 0.234 e. The lowest BCUT2D eigenvalue weighted by molar-refractivity contribution is -0.134. The van der Waals surface area contributed by atoms with Gasteiger partial charge in [0, 0.05) is 57.6 Å². The molecule has 3 heterocycles. The maximum absolute atomic E-state index is 14.9. The number of nitrogens with zero attached hydrogens (tertiary/aromatic N) is 4. The van der Waals surface area contributed by atoms with E-state index >= 15 is 0 Å². The molecule has 2 amide bonds. The van der Waals surface area contributed by atoms with Crippen molar-refractivity contribution in [3.8, 4) is 0 Å². The van der Waals surface area contributed by atoms with Crippen LogP contribution in [-0.2, 0) is 9.59 Å². The molecule has 9 heteroatoms. The first-order chi connectivity index (χ1) is 15.9. The number of piperidine rings is 1. The normalized spacial score (nSPS) is 26.3. The largest absolute Gasteiger partial charge is 0.367 e. The summed E-state index contributed by atoms with van der Waals surface area (Å²) in [6.07, 6.45) is 5.52. The van der Waals surface area contributed by atoms with Gasteiger partial charge in [0.2, 0.25) is 11.8 Å². The van der Waals surface area contributed by atoms with Crippen LogP contribution < -0.4 is 10.2 Å². The Labute approximate surface area is 193 Å². The van der Waals surface area contributed by atoms with Gasteiger partial charge in [-0.25, -0.2) is 4.39 Å². The lowest BCUT2D eigenvalue weighted by atomic mass is 9.66. The standard InChI is InChI=1S/C24H32FN5O3/c25-20-13-18(19-2-4-22(31)26-23(19)32)1-3-21(20)29-11-9-28(10-12-29)14-17-5-7-24(8-6-17)15-30(16-24)27-33/h1,3,13,17,19H,2,4-12,14-16H2,(H,26,31,32).